The number of carbonyl (C=O) groups excluding carboxylic acids is 3. The van der Waals surface area contributed by atoms with E-state index in [1.54, 1.807) is 0 Å². The van der Waals surface area contributed by atoms with E-state index in [1.165, 1.54) is 0 Å². The molecule has 0 bridgehead atoms. The number of nitrogens with one attached hydrogen (secondary N) is 1. The summed E-state index contributed by atoms with van der Waals surface area (Å²) < 4.78 is 9.93. The number of esters is 2. The number of carbonyl (C=O) groups is 3. The summed E-state index contributed by atoms with van der Waals surface area (Å²) >= 11 is 0. The highest BCUT2D eigenvalue weighted by Gasteiger charge is 2.34. The first-order valence-electron chi connectivity index (χ1n) is 7.68. The molecule has 0 aliphatic carbocycles. The molecule has 0 aromatic heterocycles. The molecule has 1 aliphatic heterocycles. The van der Waals surface area contributed by atoms with Crippen molar-refractivity contribution in [3.05, 3.63) is 35.9 Å². The Labute approximate surface area is 135 Å². The average Bonchev–Trinajstić information content (AvgIpc) is 2.90. The van der Waals surface area contributed by atoms with Gasteiger partial charge in [-0.15, -0.1) is 0 Å². The minimum atomic E-state index is -0.866. The van der Waals surface area contributed by atoms with Crippen molar-refractivity contribution in [1.82, 2.24) is 5.32 Å². The Balaban J connectivity index is 1.93. The van der Waals surface area contributed by atoms with E-state index in [9.17, 15) is 14.4 Å². The second kappa shape index (κ2) is 7.76. The number of amides is 1. The van der Waals surface area contributed by atoms with Crippen LogP contribution in [-0.2, 0) is 30.3 Å². The SMILES string of the molecule is CC(C)[C@H](NC(=O)Cc1ccccc1)C(=O)O[C@H]1CCOC1=O. The summed E-state index contributed by atoms with van der Waals surface area (Å²) in [6, 6.07) is 8.47. The number of rotatable bonds is 6. The maximum Gasteiger partial charge on any atom is 0.347 e. The standard InChI is InChI=1S/C17H21NO5/c1-11(2)15(17(21)23-13-8-9-22-16(13)20)18-14(19)10-12-6-4-3-5-7-12/h3-7,11,13,15H,8-10H2,1-2H3,(H,18,19)/t13-,15-/m0/s1. The molecule has 6 nitrogen and oxygen atoms in total. The van der Waals surface area contributed by atoms with E-state index in [1.807, 2.05) is 44.2 Å². The van der Waals surface area contributed by atoms with Crippen molar-refractivity contribution in [1.29, 1.82) is 0 Å². The third kappa shape index (κ3) is 4.81. The summed E-state index contributed by atoms with van der Waals surface area (Å²) in [5, 5.41) is 2.69. The third-order valence-electron chi connectivity index (χ3n) is 3.59. The zero-order valence-electron chi connectivity index (χ0n) is 13.3. The van der Waals surface area contributed by atoms with Gasteiger partial charge in [0, 0.05) is 6.42 Å². The predicted molar refractivity (Wildman–Crippen MR) is 82.4 cm³/mol. The third-order valence-corrected chi connectivity index (χ3v) is 3.59. The Bertz CT molecular complexity index is 570. The quantitative estimate of drug-likeness (QED) is 0.798. The molecule has 1 aliphatic rings. The summed E-state index contributed by atoms with van der Waals surface area (Å²) in [6.07, 6.45) is -0.328. The van der Waals surface area contributed by atoms with Crippen LogP contribution in [-0.4, -0.2) is 36.6 Å². The molecule has 1 aromatic carbocycles. The van der Waals surface area contributed by atoms with Crippen LogP contribution in [0.15, 0.2) is 30.3 Å². The fraction of sp³-hybridized carbons (Fsp3) is 0.471. The van der Waals surface area contributed by atoms with Crippen LogP contribution in [0.25, 0.3) is 0 Å². The Kier molecular flexibility index (Phi) is 5.73. The summed E-state index contributed by atoms with van der Waals surface area (Å²) in [5.41, 5.74) is 0.861. The van der Waals surface area contributed by atoms with Crippen LogP contribution >= 0.6 is 0 Å². The lowest BCUT2D eigenvalue weighted by Gasteiger charge is -2.22. The molecule has 0 saturated carbocycles. The van der Waals surface area contributed by atoms with Crippen LogP contribution in [0.1, 0.15) is 25.8 Å². The maximum atomic E-state index is 12.2. The molecule has 23 heavy (non-hydrogen) atoms. The highest BCUT2D eigenvalue weighted by molar-refractivity contribution is 5.87. The molecule has 2 atom stereocenters. The molecular weight excluding hydrogens is 298 g/mol. The molecule has 1 aromatic rings. The molecule has 1 heterocycles. The van der Waals surface area contributed by atoms with E-state index in [2.05, 4.69) is 5.32 Å². The molecule has 2 rings (SSSR count). The fourth-order valence-corrected chi connectivity index (χ4v) is 2.30. The summed E-state index contributed by atoms with van der Waals surface area (Å²) in [6.45, 7) is 3.87. The summed E-state index contributed by atoms with van der Waals surface area (Å²) in [4.78, 5) is 35.7. The van der Waals surface area contributed by atoms with Gasteiger partial charge in [-0.25, -0.2) is 9.59 Å². The number of cyclic esters (lactones) is 1. The first-order chi connectivity index (χ1) is 11.0. The van der Waals surface area contributed by atoms with Gasteiger partial charge in [0.25, 0.3) is 0 Å². The van der Waals surface area contributed by atoms with Gasteiger partial charge in [0.2, 0.25) is 12.0 Å². The van der Waals surface area contributed by atoms with E-state index < -0.39 is 24.1 Å². The first-order valence-corrected chi connectivity index (χ1v) is 7.68. The Hall–Kier alpha value is -2.37. The van der Waals surface area contributed by atoms with Crippen LogP contribution in [0.5, 0.6) is 0 Å². The molecule has 0 spiro atoms. The van der Waals surface area contributed by atoms with Crippen LogP contribution in [0, 0.1) is 5.92 Å². The van der Waals surface area contributed by atoms with Crippen LogP contribution in [0.4, 0.5) is 0 Å². The minimum Gasteiger partial charge on any atom is -0.463 e. The summed E-state index contributed by atoms with van der Waals surface area (Å²) in [5.74, 6) is -1.55. The van der Waals surface area contributed by atoms with Crippen LogP contribution < -0.4 is 5.32 Å². The Morgan fingerprint density at radius 3 is 2.57 bits per heavy atom. The Morgan fingerprint density at radius 1 is 1.30 bits per heavy atom. The van der Waals surface area contributed by atoms with Crippen molar-refractivity contribution in [2.24, 2.45) is 5.92 Å². The van der Waals surface area contributed by atoms with Crippen LogP contribution in [0.2, 0.25) is 0 Å². The second-order valence-corrected chi connectivity index (χ2v) is 5.83. The predicted octanol–water partition coefficient (Wildman–Crippen LogP) is 1.23. The lowest BCUT2D eigenvalue weighted by atomic mass is 10.0. The molecular formula is C17H21NO5. The van der Waals surface area contributed by atoms with Crippen molar-refractivity contribution in [2.45, 2.75) is 38.8 Å². The molecule has 6 heteroatoms. The number of hydrogen-bond acceptors (Lipinski definition) is 5. The highest BCUT2D eigenvalue weighted by atomic mass is 16.6. The molecule has 1 fully saturated rings. The van der Waals surface area contributed by atoms with E-state index in [-0.39, 0.29) is 24.9 Å². The molecule has 1 N–H and O–H groups in total. The zero-order valence-corrected chi connectivity index (χ0v) is 13.3. The lowest BCUT2D eigenvalue weighted by Crippen LogP contribution is -2.47. The smallest absolute Gasteiger partial charge is 0.347 e. The van der Waals surface area contributed by atoms with Crippen molar-refractivity contribution >= 4 is 17.8 Å². The maximum absolute atomic E-state index is 12.2. The fourth-order valence-electron chi connectivity index (χ4n) is 2.30. The largest absolute Gasteiger partial charge is 0.463 e. The van der Waals surface area contributed by atoms with Crippen molar-refractivity contribution in [3.63, 3.8) is 0 Å². The van der Waals surface area contributed by atoms with Crippen LogP contribution in [0.3, 0.4) is 0 Å². The van der Waals surface area contributed by atoms with Gasteiger partial charge in [0.15, 0.2) is 0 Å². The van der Waals surface area contributed by atoms with Gasteiger partial charge >= 0.3 is 11.9 Å². The normalized spacial score (nSPS) is 18.4. The monoisotopic (exact) mass is 319 g/mol. The lowest BCUT2D eigenvalue weighted by molar-refractivity contribution is -0.163. The molecule has 0 unspecified atom stereocenters. The number of ether oxygens (including phenoxy) is 2. The number of hydrogen-bond donors (Lipinski definition) is 1. The summed E-state index contributed by atoms with van der Waals surface area (Å²) in [7, 11) is 0. The minimum absolute atomic E-state index is 0.153. The van der Waals surface area contributed by atoms with Crippen molar-refractivity contribution in [3.8, 4) is 0 Å². The number of benzene rings is 1. The van der Waals surface area contributed by atoms with E-state index in [0.717, 1.165) is 5.56 Å². The highest BCUT2D eigenvalue weighted by Crippen LogP contribution is 2.13. The Morgan fingerprint density at radius 2 is 2.00 bits per heavy atom. The van der Waals surface area contributed by atoms with Gasteiger partial charge in [-0.05, 0) is 11.5 Å². The molecule has 1 saturated heterocycles. The second-order valence-electron chi connectivity index (χ2n) is 5.83. The van der Waals surface area contributed by atoms with Gasteiger partial charge in [0.05, 0.1) is 13.0 Å². The average molecular weight is 319 g/mol. The topological polar surface area (TPSA) is 81.7 Å². The van der Waals surface area contributed by atoms with E-state index in [0.29, 0.717) is 6.42 Å². The first kappa shape index (κ1) is 17.0. The van der Waals surface area contributed by atoms with Gasteiger partial charge in [-0.2, -0.15) is 0 Å². The molecule has 124 valence electrons. The zero-order chi connectivity index (χ0) is 16.8. The van der Waals surface area contributed by atoms with Crippen molar-refractivity contribution < 1.29 is 23.9 Å². The molecule has 1 amide bonds. The van der Waals surface area contributed by atoms with E-state index >= 15 is 0 Å². The van der Waals surface area contributed by atoms with Gasteiger partial charge in [0.1, 0.15) is 6.04 Å². The van der Waals surface area contributed by atoms with Crippen molar-refractivity contribution in [2.75, 3.05) is 6.61 Å². The van der Waals surface area contributed by atoms with Gasteiger partial charge in [-0.1, -0.05) is 44.2 Å². The van der Waals surface area contributed by atoms with E-state index in [4.69, 9.17) is 9.47 Å². The van der Waals surface area contributed by atoms with Gasteiger partial charge in [-0.3, -0.25) is 4.79 Å². The molecule has 0 radical (unpaired) electrons. The van der Waals surface area contributed by atoms with Gasteiger partial charge < -0.3 is 14.8 Å².